The van der Waals surface area contributed by atoms with Crippen LogP contribution in [0.15, 0.2) is 30.5 Å². The van der Waals surface area contributed by atoms with Crippen LogP contribution in [-0.2, 0) is 10.0 Å². The molecule has 128 valence electrons. The summed E-state index contributed by atoms with van der Waals surface area (Å²) in [6, 6.07) is 6.42. The first-order chi connectivity index (χ1) is 11.3. The van der Waals surface area contributed by atoms with E-state index in [-0.39, 0.29) is 11.6 Å². The maximum Gasteiger partial charge on any atom is 0.269 e. The Morgan fingerprint density at radius 2 is 1.88 bits per heavy atom. The summed E-state index contributed by atoms with van der Waals surface area (Å²) in [7, 11) is -3.12. The Balaban J connectivity index is 1.71. The highest BCUT2D eigenvalue weighted by atomic mass is 32.2. The average molecular weight is 367 g/mol. The highest BCUT2D eigenvalue weighted by Crippen LogP contribution is 2.35. The number of nitro benzene ring substituents is 1. The molecule has 0 bridgehead atoms. The molecule has 1 aromatic carbocycles. The molecule has 9 heteroatoms. The summed E-state index contributed by atoms with van der Waals surface area (Å²) in [6.45, 7) is 1.05. The van der Waals surface area contributed by atoms with Crippen molar-refractivity contribution in [3.63, 3.8) is 0 Å². The smallest absolute Gasteiger partial charge is 0.258 e. The van der Waals surface area contributed by atoms with Gasteiger partial charge in [-0.15, -0.1) is 11.3 Å². The topological polar surface area (TPSA) is 93.4 Å². The molecule has 3 rings (SSSR count). The summed E-state index contributed by atoms with van der Waals surface area (Å²) >= 11 is 1.57. The summed E-state index contributed by atoms with van der Waals surface area (Å²) in [4.78, 5) is 15.7. The quantitative estimate of drug-likeness (QED) is 0.612. The minimum Gasteiger partial charge on any atom is -0.258 e. The number of hydrogen-bond acceptors (Lipinski definition) is 6. The number of hydrogen-bond donors (Lipinski definition) is 0. The molecule has 0 radical (unpaired) electrons. The minimum atomic E-state index is -3.12. The van der Waals surface area contributed by atoms with Crippen LogP contribution in [0.2, 0.25) is 0 Å². The number of non-ortho nitro benzene ring substituents is 1. The van der Waals surface area contributed by atoms with E-state index in [4.69, 9.17) is 0 Å². The Kier molecular flexibility index (Phi) is 4.66. The molecule has 2 aromatic rings. The lowest BCUT2D eigenvalue weighted by molar-refractivity contribution is -0.384. The first kappa shape index (κ1) is 17.0. The molecular weight excluding hydrogens is 350 g/mol. The Hall–Kier alpha value is -1.84. The van der Waals surface area contributed by atoms with Crippen LogP contribution in [0.4, 0.5) is 5.69 Å². The Morgan fingerprint density at radius 3 is 2.42 bits per heavy atom. The molecule has 1 aliphatic heterocycles. The highest BCUT2D eigenvalue weighted by Gasteiger charge is 2.27. The number of benzene rings is 1. The fraction of sp³-hybridized carbons (Fsp3) is 0.400. The van der Waals surface area contributed by atoms with Crippen molar-refractivity contribution in [3.05, 3.63) is 45.6 Å². The van der Waals surface area contributed by atoms with Crippen molar-refractivity contribution >= 4 is 27.0 Å². The third-order valence-corrected chi connectivity index (χ3v) is 6.67. The maximum atomic E-state index is 11.6. The van der Waals surface area contributed by atoms with Crippen LogP contribution < -0.4 is 0 Å². The van der Waals surface area contributed by atoms with E-state index in [1.807, 2.05) is 0 Å². The van der Waals surface area contributed by atoms with Crippen molar-refractivity contribution < 1.29 is 13.3 Å². The summed E-state index contributed by atoms with van der Waals surface area (Å²) in [5, 5.41) is 11.7. The molecule has 1 fully saturated rings. The van der Waals surface area contributed by atoms with Gasteiger partial charge in [-0.2, -0.15) is 0 Å². The Morgan fingerprint density at radius 1 is 1.25 bits per heavy atom. The molecule has 0 N–H and O–H groups in total. The largest absolute Gasteiger partial charge is 0.269 e. The molecule has 0 unspecified atom stereocenters. The van der Waals surface area contributed by atoms with Gasteiger partial charge in [-0.1, -0.05) is 0 Å². The van der Waals surface area contributed by atoms with Crippen molar-refractivity contribution in [1.29, 1.82) is 0 Å². The molecule has 0 aliphatic carbocycles. The van der Waals surface area contributed by atoms with Gasteiger partial charge in [0.2, 0.25) is 10.0 Å². The Bertz CT molecular complexity index is 838. The average Bonchev–Trinajstić information content (AvgIpc) is 3.04. The van der Waals surface area contributed by atoms with Crippen LogP contribution in [0.5, 0.6) is 0 Å². The Labute approximate surface area is 144 Å². The second-order valence-electron chi connectivity index (χ2n) is 5.80. The molecule has 0 atom stereocenters. The first-order valence-corrected chi connectivity index (χ1v) is 10.2. The number of nitro groups is 1. The molecule has 1 aliphatic rings. The van der Waals surface area contributed by atoms with E-state index in [9.17, 15) is 18.5 Å². The monoisotopic (exact) mass is 367 g/mol. The standard InChI is InChI=1S/C15H17N3O4S2/c1-24(21,22)17-8-6-12(7-9-17)15-16-10-14(23-15)11-2-4-13(5-3-11)18(19)20/h2-5,10,12H,6-9H2,1H3. The third-order valence-electron chi connectivity index (χ3n) is 4.16. The number of nitrogens with zero attached hydrogens (tertiary/aromatic N) is 3. The molecule has 24 heavy (non-hydrogen) atoms. The second-order valence-corrected chi connectivity index (χ2v) is 8.85. The number of rotatable bonds is 4. The van der Waals surface area contributed by atoms with Gasteiger partial charge in [0.1, 0.15) is 0 Å². The van der Waals surface area contributed by atoms with Crippen LogP contribution >= 0.6 is 11.3 Å². The SMILES string of the molecule is CS(=O)(=O)N1CCC(c2ncc(-c3ccc([N+](=O)[O-])cc3)s2)CC1. The van der Waals surface area contributed by atoms with Gasteiger partial charge in [0, 0.05) is 37.3 Å². The van der Waals surface area contributed by atoms with E-state index in [1.54, 1.807) is 29.7 Å². The van der Waals surface area contributed by atoms with Crippen molar-refractivity contribution in [1.82, 2.24) is 9.29 Å². The van der Waals surface area contributed by atoms with Crippen LogP contribution in [0, 0.1) is 10.1 Å². The van der Waals surface area contributed by atoms with Crippen LogP contribution in [0.25, 0.3) is 10.4 Å². The van der Waals surface area contributed by atoms with Crippen LogP contribution in [0.3, 0.4) is 0 Å². The van der Waals surface area contributed by atoms with Crippen molar-refractivity contribution in [2.24, 2.45) is 0 Å². The van der Waals surface area contributed by atoms with E-state index in [1.165, 1.54) is 22.7 Å². The first-order valence-electron chi connectivity index (χ1n) is 7.50. The van der Waals surface area contributed by atoms with Gasteiger partial charge in [0.05, 0.1) is 21.1 Å². The summed E-state index contributed by atoms with van der Waals surface area (Å²) < 4.78 is 24.6. The van der Waals surface area contributed by atoms with E-state index >= 15 is 0 Å². The molecule has 1 aromatic heterocycles. The summed E-state index contributed by atoms with van der Waals surface area (Å²) in [5.74, 6) is 0.264. The fourth-order valence-electron chi connectivity index (χ4n) is 2.79. The number of thiazole rings is 1. The zero-order valence-corrected chi connectivity index (χ0v) is 14.7. The third kappa shape index (κ3) is 3.63. The van der Waals surface area contributed by atoms with Crippen LogP contribution in [0.1, 0.15) is 23.8 Å². The predicted octanol–water partition coefficient (Wildman–Crippen LogP) is 2.86. The van der Waals surface area contributed by atoms with E-state index in [0.717, 1.165) is 28.3 Å². The lowest BCUT2D eigenvalue weighted by Crippen LogP contribution is -2.37. The molecule has 0 amide bonds. The zero-order valence-electron chi connectivity index (χ0n) is 13.1. The summed E-state index contributed by atoms with van der Waals surface area (Å²) in [6.07, 6.45) is 4.55. The summed E-state index contributed by atoms with van der Waals surface area (Å²) in [5.41, 5.74) is 0.967. The van der Waals surface area contributed by atoms with Gasteiger partial charge >= 0.3 is 0 Å². The van der Waals surface area contributed by atoms with Gasteiger partial charge in [0.25, 0.3) is 5.69 Å². The normalized spacial score (nSPS) is 17.0. The van der Waals surface area contributed by atoms with Gasteiger partial charge in [-0.3, -0.25) is 10.1 Å². The molecular formula is C15H17N3O4S2. The molecule has 7 nitrogen and oxygen atoms in total. The molecule has 1 saturated heterocycles. The van der Waals surface area contributed by atoms with E-state index < -0.39 is 14.9 Å². The zero-order chi connectivity index (χ0) is 17.3. The van der Waals surface area contributed by atoms with Crippen molar-refractivity contribution in [2.45, 2.75) is 18.8 Å². The number of aromatic nitrogens is 1. The van der Waals surface area contributed by atoms with Gasteiger partial charge in [-0.05, 0) is 30.5 Å². The van der Waals surface area contributed by atoms with E-state index in [0.29, 0.717) is 13.1 Å². The van der Waals surface area contributed by atoms with Crippen LogP contribution in [-0.4, -0.2) is 42.0 Å². The van der Waals surface area contributed by atoms with Crippen molar-refractivity contribution in [2.75, 3.05) is 19.3 Å². The number of piperidine rings is 1. The minimum absolute atomic E-state index is 0.0663. The molecule has 0 saturated carbocycles. The van der Waals surface area contributed by atoms with Gasteiger partial charge < -0.3 is 0 Å². The second kappa shape index (κ2) is 6.58. The number of sulfonamides is 1. The molecule has 2 heterocycles. The maximum absolute atomic E-state index is 11.6. The molecule has 0 spiro atoms. The fourth-order valence-corrected chi connectivity index (χ4v) is 4.76. The lowest BCUT2D eigenvalue weighted by Gasteiger charge is -2.29. The highest BCUT2D eigenvalue weighted by molar-refractivity contribution is 7.88. The van der Waals surface area contributed by atoms with Gasteiger partial charge in [0.15, 0.2) is 0 Å². The lowest BCUT2D eigenvalue weighted by atomic mass is 9.99. The predicted molar refractivity (Wildman–Crippen MR) is 92.6 cm³/mol. The van der Waals surface area contributed by atoms with E-state index in [2.05, 4.69) is 4.98 Å². The van der Waals surface area contributed by atoms with Gasteiger partial charge in [-0.25, -0.2) is 17.7 Å². The van der Waals surface area contributed by atoms with Crippen molar-refractivity contribution in [3.8, 4) is 10.4 Å².